The predicted octanol–water partition coefficient (Wildman–Crippen LogP) is 2.04. The third-order valence-corrected chi connectivity index (χ3v) is 3.76. The van der Waals surface area contributed by atoms with Crippen molar-refractivity contribution in [2.75, 3.05) is 13.1 Å². The summed E-state index contributed by atoms with van der Waals surface area (Å²) in [5.41, 5.74) is 1.19. The molecule has 4 heteroatoms. The Balaban J connectivity index is 2.01. The Morgan fingerprint density at radius 1 is 1.50 bits per heavy atom. The summed E-state index contributed by atoms with van der Waals surface area (Å²) in [6.45, 7) is 12.0. The molecule has 2 unspecified atom stereocenters. The molecule has 0 spiro atoms. The van der Waals surface area contributed by atoms with Crippen molar-refractivity contribution in [3.63, 3.8) is 0 Å². The number of hydrogen-bond donors (Lipinski definition) is 1. The smallest absolute Gasteiger partial charge is 0.0765 e. The molecule has 0 aliphatic carbocycles. The zero-order chi connectivity index (χ0) is 13.1. The van der Waals surface area contributed by atoms with Crippen LogP contribution in [0.25, 0.3) is 0 Å². The van der Waals surface area contributed by atoms with Crippen LogP contribution in [0.4, 0.5) is 0 Å². The molecule has 102 valence electrons. The molecule has 0 amide bonds. The minimum Gasteiger partial charge on any atom is -0.311 e. The van der Waals surface area contributed by atoms with Gasteiger partial charge < -0.3 is 5.32 Å². The lowest BCUT2D eigenvalue weighted by Crippen LogP contribution is -2.54. The fraction of sp³-hybridized carbons (Fsp3) is 0.786. The third-order valence-electron chi connectivity index (χ3n) is 3.76. The summed E-state index contributed by atoms with van der Waals surface area (Å²) in [5, 5.41) is 8.21. The van der Waals surface area contributed by atoms with Crippen molar-refractivity contribution in [2.45, 2.75) is 58.8 Å². The number of nitrogens with zero attached hydrogens (tertiary/aromatic N) is 3. The van der Waals surface area contributed by atoms with Gasteiger partial charge in [-0.3, -0.25) is 9.58 Å². The summed E-state index contributed by atoms with van der Waals surface area (Å²) < 4.78 is 2.04. The van der Waals surface area contributed by atoms with Gasteiger partial charge in [0.15, 0.2) is 0 Å². The van der Waals surface area contributed by atoms with Crippen molar-refractivity contribution in [1.82, 2.24) is 20.0 Å². The van der Waals surface area contributed by atoms with Gasteiger partial charge in [0.25, 0.3) is 0 Å². The number of rotatable bonds is 4. The van der Waals surface area contributed by atoms with Crippen LogP contribution in [0.5, 0.6) is 0 Å². The minimum absolute atomic E-state index is 0.447. The van der Waals surface area contributed by atoms with E-state index >= 15 is 0 Å². The molecule has 2 atom stereocenters. The topological polar surface area (TPSA) is 33.1 Å². The van der Waals surface area contributed by atoms with Gasteiger partial charge in [0, 0.05) is 44.0 Å². The van der Waals surface area contributed by atoms with E-state index in [0.717, 1.165) is 19.6 Å². The average Bonchev–Trinajstić information content (AvgIpc) is 2.78. The second-order valence-corrected chi connectivity index (χ2v) is 5.68. The standard InChI is InChI=1S/C14H26N4/c1-5-14-8-15-12(4)9-17(14)10-13-6-7-18(16-13)11(2)3/h6-7,11-12,14-15H,5,8-10H2,1-4H3. The van der Waals surface area contributed by atoms with Gasteiger partial charge in [-0.1, -0.05) is 6.92 Å². The van der Waals surface area contributed by atoms with Crippen molar-refractivity contribution < 1.29 is 0 Å². The van der Waals surface area contributed by atoms with Crippen molar-refractivity contribution in [3.05, 3.63) is 18.0 Å². The van der Waals surface area contributed by atoms with Crippen LogP contribution in [0.2, 0.25) is 0 Å². The van der Waals surface area contributed by atoms with Crippen LogP contribution in [0.15, 0.2) is 12.3 Å². The van der Waals surface area contributed by atoms with Crippen LogP contribution in [-0.4, -0.2) is 39.9 Å². The second kappa shape index (κ2) is 5.85. The lowest BCUT2D eigenvalue weighted by Gasteiger charge is -2.38. The lowest BCUT2D eigenvalue weighted by atomic mass is 10.1. The van der Waals surface area contributed by atoms with E-state index in [1.165, 1.54) is 12.1 Å². The molecule has 1 N–H and O–H groups in total. The van der Waals surface area contributed by atoms with Crippen molar-refractivity contribution in [2.24, 2.45) is 0 Å². The van der Waals surface area contributed by atoms with Gasteiger partial charge in [0.1, 0.15) is 0 Å². The predicted molar refractivity (Wildman–Crippen MR) is 74.6 cm³/mol. The highest BCUT2D eigenvalue weighted by Gasteiger charge is 2.24. The summed E-state index contributed by atoms with van der Waals surface area (Å²) >= 11 is 0. The normalized spacial score (nSPS) is 25.8. The molecule has 4 nitrogen and oxygen atoms in total. The first-order valence-electron chi connectivity index (χ1n) is 7.11. The van der Waals surface area contributed by atoms with E-state index in [0.29, 0.717) is 18.1 Å². The first-order chi connectivity index (χ1) is 8.60. The Labute approximate surface area is 110 Å². The first-order valence-corrected chi connectivity index (χ1v) is 7.11. The molecule has 1 aliphatic rings. The zero-order valence-corrected chi connectivity index (χ0v) is 12.1. The molecule has 1 aromatic heterocycles. The lowest BCUT2D eigenvalue weighted by molar-refractivity contribution is 0.122. The maximum atomic E-state index is 4.65. The van der Waals surface area contributed by atoms with Crippen LogP contribution >= 0.6 is 0 Å². The average molecular weight is 250 g/mol. The van der Waals surface area contributed by atoms with E-state index < -0.39 is 0 Å². The Bertz CT molecular complexity index is 372. The maximum absolute atomic E-state index is 4.65. The fourth-order valence-electron chi connectivity index (χ4n) is 2.59. The summed E-state index contributed by atoms with van der Waals surface area (Å²) in [6, 6.07) is 3.83. The highest BCUT2D eigenvalue weighted by Crippen LogP contribution is 2.14. The van der Waals surface area contributed by atoms with E-state index in [4.69, 9.17) is 0 Å². The maximum Gasteiger partial charge on any atom is 0.0765 e. The van der Waals surface area contributed by atoms with Crippen LogP contribution in [0, 0.1) is 0 Å². The summed E-state index contributed by atoms with van der Waals surface area (Å²) in [4.78, 5) is 2.56. The van der Waals surface area contributed by atoms with E-state index in [-0.39, 0.29) is 0 Å². The van der Waals surface area contributed by atoms with Crippen molar-refractivity contribution in [1.29, 1.82) is 0 Å². The van der Waals surface area contributed by atoms with Crippen molar-refractivity contribution >= 4 is 0 Å². The van der Waals surface area contributed by atoms with Gasteiger partial charge >= 0.3 is 0 Å². The summed E-state index contributed by atoms with van der Waals surface area (Å²) in [7, 11) is 0. The SMILES string of the molecule is CCC1CNC(C)CN1Cc1ccn(C(C)C)n1. The molecule has 1 aromatic rings. The Morgan fingerprint density at radius 2 is 2.28 bits per heavy atom. The van der Waals surface area contributed by atoms with E-state index in [9.17, 15) is 0 Å². The third kappa shape index (κ3) is 3.12. The molecule has 1 saturated heterocycles. The number of nitrogens with one attached hydrogen (secondary N) is 1. The van der Waals surface area contributed by atoms with Gasteiger partial charge in [-0.15, -0.1) is 0 Å². The monoisotopic (exact) mass is 250 g/mol. The molecule has 18 heavy (non-hydrogen) atoms. The van der Waals surface area contributed by atoms with E-state index in [1.807, 2.05) is 4.68 Å². The van der Waals surface area contributed by atoms with Crippen LogP contribution in [0.1, 0.15) is 45.9 Å². The molecule has 0 saturated carbocycles. The molecular formula is C14H26N4. The highest BCUT2D eigenvalue weighted by atomic mass is 15.3. The van der Waals surface area contributed by atoms with Gasteiger partial charge in [0.2, 0.25) is 0 Å². The molecule has 1 fully saturated rings. The highest BCUT2D eigenvalue weighted by molar-refractivity contribution is 5.01. The van der Waals surface area contributed by atoms with E-state index in [1.54, 1.807) is 0 Å². The zero-order valence-electron chi connectivity index (χ0n) is 12.1. The van der Waals surface area contributed by atoms with Crippen LogP contribution in [-0.2, 0) is 6.54 Å². The molecule has 1 aliphatic heterocycles. The van der Waals surface area contributed by atoms with Gasteiger partial charge in [-0.25, -0.2) is 0 Å². The molecule has 0 aromatic carbocycles. The molecule has 0 radical (unpaired) electrons. The number of aromatic nitrogens is 2. The number of hydrogen-bond acceptors (Lipinski definition) is 3. The van der Waals surface area contributed by atoms with Crippen molar-refractivity contribution in [3.8, 4) is 0 Å². The number of piperazine rings is 1. The minimum atomic E-state index is 0.447. The van der Waals surface area contributed by atoms with Crippen LogP contribution < -0.4 is 5.32 Å². The summed E-state index contributed by atoms with van der Waals surface area (Å²) in [5.74, 6) is 0. The Hall–Kier alpha value is -0.870. The largest absolute Gasteiger partial charge is 0.311 e. The quantitative estimate of drug-likeness (QED) is 0.887. The van der Waals surface area contributed by atoms with Crippen LogP contribution in [0.3, 0.4) is 0 Å². The summed E-state index contributed by atoms with van der Waals surface area (Å²) in [6.07, 6.45) is 3.29. The van der Waals surface area contributed by atoms with Gasteiger partial charge in [-0.05, 0) is 33.3 Å². The fourth-order valence-corrected chi connectivity index (χ4v) is 2.59. The van der Waals surface area contributed by atoms with E-state index in [2.05, 4.69) is 55.3 Å². The molecule has 2 heterocycles. The van der Waals surface area contributed by atoms with Gasteiger partial charge in [0.05, 0.1) is 5.69 Å². The molecule has 0 bridgehead atoms. The second-order valence-electron chi connectivity index (χ2n) is 5.68. The molecular weight excluding hydrogens is 224 g/mol. The van der Waals surface area contributed by atoms with Gasteiger partial charge in [-0.2, -0.15) is 5.10 Å². The Morgan fingerprint density at radius 3 is 2.89 bits per heavy atom. The Kier molecular flexibility index (Phi) is 4.40. The molecule has 2 rings (SSSR count). The first kappa shape index (κ1) is 13.6.